The number of amides is 7. The van der Waals surface area contributed by atoms with E-state index in [0.29, 0.717) is 55.0 Å². The van der Waals surface area contributed by atoms with Crippen LogP contribution in [-0.4, -0.2) is 111 Å². The molecule has 66 heavy (non-hydrogen) atoms. The van der Waals surface area contributed by atoms with Crippen molar-refractivity contribution in [2.75, 3.05) is 42.6 Å². The van der Waals surface area contributed by atoms with Gasteiger partial charge in [0.1, 0.15) is 11.9 Å². The second kappa shape index (κ2) is 20.7. The minimum Gasteiger partial charge on any atom is -0.489 e. The van der Waals surface area contributed by atoms with Gasteiger partial charge in [0.05, 0.1) is 22.8 Å². The Morgan fingerprint density at radius 2 is 1.65 bits per heavy atom. The maximum absolute atomic E-state index is 13.9. The van der Waals surface area contributed by atoms with Gasteiger partial charge in [0.25, 0.3) is 23.6 Å². The largest absolute Gasteiger partial charge is 0.489 e. The third-order valence-electron chi connectivity index (χ3n) is 11.8. The fraction of sp³-hybridized carbons (Fsp3) is 0.370. The van der Waals surface area contributed by atoms with Gasteiger partial charge < -0.3 is 30.9 Å². The fourth-order valence-electron chi connectivity index (χ4n) is 8.50. The third kappa shape index (κ3) is 10.4. The summed E-state index contributed by atoms with van der Waals surface area (Å²) >= 11 is 12.2. The molecule has 0 spiro atoms. The number of hydrogen-bond donors (Lipinski definition) is 4. The van der Waals surface area contributed by atoms with Crippen LogP contribution in [0, 0.1) is 5.82 Å². The Morgan fingerprint density at radius 3 is 2.38 bits per heavy atom. The summed E-state index contributed by atoms with van der Waals surface area (Å²) in [5.74, 6) is -3.59. The molecule has 0 aliphatic carbocycles. The molecule has 5 N–H and O–H groups in total. The van der Waals surface area contributed by atoms with Crippen LogP contribution >= 0.6 is 23.2 Å². The summed E-state index contributed by atoms with van der Waals surface area (Å²) in [4.78, 5) is 95.1. The number of nitrogen functional groups attached to an aromatic ring is 1. The number of benzene rings is 3. The number of carbonyl (C=O) groups excluding carboxylic acids is 7. The molecule has 3 aliphatic rings. The van der Waals surface area contributed by atoms with Gasteiger partial charge in [-0.25, -0.2) is 4.39 Å². The summed E-state index contributed by atoms with van der Waals surface area (Å²) in [6, 6.07) is 13.8. The number of ether oxygens (including phenoxy) is 1. The summed E-state index contributed by atoms with van der Waals surface area (Å²) in [6.45, 7) is 5.08. The van der Waals surface area contributed by atoms with Gasteiger partial charge in [-0.2, -0.15) is 0 Å². The molecule has 7 amide bonds. The summed E-state index contributed by atoms with van der Waals surface area (Å²) in [6.07, 6.45) is 3.70. The molecule has 3 atom stereocenters. The molecule has 7 rings (SSSR count). The third-order valence-corrected chi connectivity index (χ3v) is 12.5. The molecule has 2 saturated heterocycles. The zero-order chi connectivity index (χ0) is 47.2. The Kier molecular flexibility index (Phi) is 14.8. The van der Waals surface area contributed by atoms with E-state index < -0.39 is 41.4 Å². The fourth-order valence-corrected chi connectivity index (χ4v) is 9.05. The average Bonchev–Trinajstić information content (AvgIpc) is 3.54. The molecule has 0 unspecified atom stereocenters. The van der Waals surface area contributed by atoms with Gasteiger partial charge in [0.2, 0.25) is 17.7 Å². The Morgan fingerprint density at radius 1 is 0.924 bits per heavy atom. The number of halogens is 3. The Labute approximate surface area is 389 Å². The lowest BCUT2D eigenvalue weighted by Crippen LogP contribution is -2.59. The zero-order valence-corrected chi connectivity index (χ0v) is 37.7. The zero-order valence-electron chi connectivity index (χ0n) is 36.2. The first kappa shape index (κ1) is 47.3. The first-order valence-corrected chi connectivity index (χ1v) is 22.4. The first-order chi connectivity index (χ1) is 31.6. The summed E-state index contributed by atoms with van der Waals surface area (Å²) in [5.41, 5.74) is 7.94. The van der Waals surface area contributed by atoms with E-state index in [1.54, 1.807) is 47.4 Å². The molecule has 0 saturated carbocycles. The monoisotopic (exact) mass is 943 g/mol. The molecule has 4 heterocycles. The molecule has 1 aromatic heterocycles. The number of nitrogens with zero attached hydrogens (tertiary/aromatic N) is 5. The number of aromatic nitrogens is 2. The van der Waals surface area contributed by atoms with Gasteiger partial charge in [-0.15, -0.1) is 10.2 Å². The van der Waals surface area contributed by atoms with Crippen molar-refractivity contribution in [3.8, 4) is 5.75 Å². The number of hydrogen-bond acceptors (Lipinski definition) is 12. The SMILES string of the molecule is C[C@@H]1CN(C(=O)c2ccc(NC(=O)c3cc(OCCc4c(Cl)ccc(F)c4Cl)c(N)nn3)cc2)C[C@H](C)N1C(=O)CCCCCCNc1cccc2c1C(=O)N([C@@H]1CCC(=O)NC1=O)C2=O. The molecule has 3 aromatic carbocycles. The topological polar surface area (TPSA) is 226 Å². The average molecular weight is 945 g/mol. The van der Waals surface area contributed by atoms with E-state index in [4.69, 9.17) is 33.7 Å². The number of imide groups is 2. The predicted octanol–water partition coefficient (Wildman–Crippen LogP) is 5.90. The van der Waals surface area contributed by atoms with Crippen LogP contribution in [0.1, 0.15) is 106 Å². The van der Waals surface area contributed by atoms with Gasteiger partial charge in [0.15, 0.2) is 17.3 Å². The highest BCUT2D eigenvalue weighted by molar-refractivity contribution is 6.36. The smallest absolute Gasteiger partial charge is 0.276 e. The normalized spacial score (nSPS) is 18.3. The van der Waals surface area contributed by atoms with Crippen molar-refractivity contribution < 1.29 is 42.7 Å². The highest BCUT2D eigenvalue weighted by Crippen LogP contribution is 2.33. The van der Waals surface area contributed by atoms with E-state index in [1.807, 2.05) is 18.7 Å². The molecular weight excluding hydrogens is 896 g/mol. The van der Waals surface area contributed by atoms with Crippen LogP contribution in [-0.2, 0) is 20.8 Å². The molecule has 0 bridgehead atoms. The highest BCUT2D eigenvalue weighted by Gasteiger charge is 2.45. The van der Waals surface area contributed by atoms with Gasteiger partial charge >= 0.3 is 0 Å². The molecule has 3 aliphatic heterocycles. The van der Waals surface area contributed by atoms with Crippen molar-refractivity contribution >= 4 is 81.7 Å². The summed E-state index contributed by atoms with van der Waals surface area (Å²) < 4.78 is 19.6. The molecule has 346 valence electrons. The molecule has 0 radical (unpaired) electrons. The maximum Gasteiger partial charge on any atom is 0.276 e. The number of nitrogens with two attached hydrogens (primary N) is 1. The Bertz CT molecular complexity index is 2570. The number of carbonyl (C=O) groups is 7. The second-order valence-electron chi connectivity index (χ2n) is 16.4. The van der Waals surface area contributed by atoms with Crippen LogP contribution in [0.3, 0.4) is 0 Å². The molecule has 4 aromatic rings. The highest BCUT2D eigenvalue weighted by atomic mass is 35.5. The summed E-state index contributed by atoms with van der Waals surface area (Å²) in [7, 11) is 0. The first-order valence-electron chi connectivity index (χ1n) is 21.6. The summed E-state index contributed by atoms with van der Waals surface area (Å²) in [5, 5.41) is 16.0. The number of rotatable bonds is 16. The Hall–Kier alpha value is -6.66. The van der Waals surface area contributed by atoms with Crippen LogP contribution in [0.5, 0.6) is 5.75 Å². The van der Waals surface area contributed by atoms with Crippen LogP contribution < -0.4 is 26.4 Å². The minimum atomic E-state index is -1.04. The lowest BCUT2D eigenvalue weighted by atomic mass is 10.0. The van der Waals surface area contributed by atoms with Crippen LogP contribution in [0.4, 0.5) is 21.6 Å². The van der Waals surface area contributed by atoms with Gasteiger partial charge in [-0.3, -0.25) is 43.8 Å². The van der Waals surface area contributed by atoms with Crippen molar-refractivity contribution in [1.82, 2.24) is 30.2 Å². The van der Waals surface area contributed by atoms with E-state index in [2.05, 4.69) is 26.1 Å². The standard InChI is InChI=1S/C46H48Cl2FN9O8/c1-25-23-56(44(63)27-11-13-28(14-12-27)52-42(61)34-22-36(41(50)55-54-34)66-21-19-29-31(47)15-16-32(49)40(29)48)24-26(2)57(25)38(60)10-5-3-4-6-20-51-33-9-7-8-30-39(33)46(65)58(45(30)64)35-17-18-37(59)53-43(35)62/h7-9,11-16,22,25-26,35,51H,3-6,10,17-21,23-24H2,1-2H3,(H2,50,55)(H,52,61)(H,53,59,62)/t25-,26+,35-/m1/s1. The van der Waals surface area contributed by atoms with Gasteiger partial charge in [-0.1, -0.05) is 42.1 Å². The number of nitrogens with one attached hydrogen (secondary N) is 3. The number of fused-ring (bicyclic) bond motifs is 1. The molecule has 20 heteroatoms. The lowest BCUT2D eigenvalue weighted by Gasteiger charge is -2.44. The van der Waals surface area contributed by atoms with Crippen molar-refractivity contribution in [1.29, 1.82) is 0 Å². The van der Waals surface area contributed by atoms with Crippen molar-refractivity contribution in [3.63, 3.8) is 0 Å². The van der Waals surface area contributed by atoms with Crippen LogP contribution in [0.2, 0.25) is 10.0 Å². The van der Waals surface area contributed by atoms with Gasteiger partial charge in [-0.05, 0) is 87.2 Å². The number of unbranched alkanes of at least 4 members (excludes halogenated alkanes) is 3. The van der Waals surface area contributed by atoms with Crippen molar-refractivity contribution in [3.05, 3.63) is 104 Å². The van der Waals surface area contributed by atoms with Crippen molar-refractivity contribution in [2.45, 2.75) is 83.3 Å². The van der Waals surface area contributed by atoms with E-state index in [0.717, 1.165) is 24.2 Å². The molecule has 17 nitrogen and oxygen atoms in total. The van der Waals surface area contributed by atoms with E-state index in [9.17, 15) is 38.0 Å². The second-order valence-corrected chi connectivity index (χ2v) is 17.2. The number of piperidine rings is 1. The van der Waals surface area contributed by atoms with E-state index >= 15 is 0 Å². The van der Waals surface area contributed by atoms with E-state index in [1.165, 1.54) is 18.2 Å². The number of piperazine rings is 1. The molecular formula is C46H48Cl2FN9O8. The maximum atomic E-state index is 13.9. The molecule has 2 fully saturated rings. The Balaban J connectivity index is 0.825. The minimum absolute atomic E-state index is 0.00879. The van der Waals surface area contributed by atoms with Crippen LogP contribution in [0.15, 0.2) is 60.7 Å². The van der Waals surface area contributed by atoms with Gasteiger partial charge in [0, 0.05) is 79.0 Å². The number of anilines is 3. The lowest BCUT2D eigenvalue weighted by molar-refractivity contribution is -0.139. The quantitative estimate of drug-likeness (QED) is 0.0585. The predicted molar refractivity (Wildman–Crippen MR) is 243 cm³/mol. The van der Waals surface area contributed by atoms with E-state index in [-0.39, 0.29) is 88.2 Å². The van der Waals surface area contributed by atoms with Crippen LogP contribution in [0.25, 0.3) is 0 Å². The van der Waals surface area contributed by atoms with Crippen molar-refractivity contribution in [2.24, 2.45) is 0 Å².